The van der Waals surface area contributed by atoms with Crippen molar-refractivity contribution < 1.29 is 14.3 Å². The summed E-state index contributed by atoms with van der Waals surface area (Å²) in [6.07, 6.45) is 0. The van der Waals surface area contributed by atoms with E-state index in [1.54, 1.807) is 24.3 Å². The molecule has 27 heavy (non-hydrogen) atoms. The first-order chi connectivity index (χ1) is 12.9. The van der Waals surface area contributed by atoms with E-state index < -0.39 is 11.8 Å². The minimum Gasteiger partial charge on any atom is -0.476 e. The normalized spacial score (nSPS) is 15.1. The second-order valence-corrected chi connectivity index (χ2v) is 6.98. The topological polar surface area (TPSA) is 70.7 Å². The molecule has 1 fully saturated rings. The molecule has 2 amide bonds. The molecule has 0 saturated carbocycles. The molecule has 0 radical (unpaired) electrons. The minimum atomic E-state index is -0.519. The maximum absolute atomic E-state index is 13.0. The van der Waals surface area contributed by atoms with Crippen LogP contribution < -0.4 is 10.6 Å². The van der Waals surface area contributed by atoms with E-state index in [1.165, 1.54) is 0 Å². The van der Waals surface area contributed by atoms with E-state index >= 15 is 0 Å². The molecule has 6 heteroatoms. The van der Waals surface area contributed by atoms with Crippen LogP contribution in [0.2, 0.25) is 0 Å². The summed E-state index contributed by atoms with van der Waals surface area (Å²) in [5, 5.41) is 5.54. The maximum Gasteiger partial charge on any atom is 0.266 e. The number of amides is 2. The number of hydrogen-bond acceptors (Lipinski definition) is 4. The summed E-state index contributed by atoms with van der Waals surface area (Å²) >= 11 is 0. The molecule has 1 saturated heterocycles. The van der Waals surface area contributed by atoms with Gasteiger partial charge in [-0.15, -0.1) is 0 Å². The average molecular weight is 365 g/mol. The first kappa shape index (κ1) is 18.5. The molecule has 2 N–H and O–H groups in total. The van der Waals surface area contributed by atoms with Gasteiger partial charge in [0, 0.05) is 18.4 Å². The van der Waals surface area contributed by atoms with Crippen LogP contribution >= 0.6 is 0 Å². The van der Waals surface area contributed by atoms with Gasteiger partial charge in [-0.25, -0.2) is 0 Å². The summed E-state index contributed by atoms with van der Waals surface area (Å²) in [7, 11) is 1.81. The van der Waals surface area contributed by atoms with Crippen LogP contribution in [0.5, 0.6) is 0 Å². The van der Waals surface area contributed by atoms with Crippen molar-refractivity contribution >= 4 is 23.2 Å². The highest BCUT2D eigenvalue weighted by molar-refractivity contribution is 6.26. The molecule has 0 spiro atoms. The van der Waals surface area contributed by atoms with Crippen molar-refractivity contribution in [3.8, 4) is 0 Å². The zero-order valence-electron chi connectivity index (χ0n) is 15.7. The van der Waals surface area contributed by atoms with E-state index in [9.17, 15) is 9.59 Å². The average Bonchev–Trinajstić information content (AvgIpc) is 2.91. The summed E-state index contributed by atoms with van der Waals surface area (Å²) in [6.45, 7) is 4.36. The van der Waals surface area contributed by atoms with Crippen LogP contribution in [0.3, 0.4) is 0 Å². The molecule has 1 heterocycles. The molecule has 6 nitrogen and oxygen atoms in total. The van der Waals surface area contributed by atoms with Gasteiger partial charge < -0.3 is 20.3 Å². The molecule has 2 aromatic carbocycles. The number of para-hydroxylation sites is 2. The van der Waals surface area contributed by atoms with Gasteiger partial charge in [-0.1, -0.05) is 36.4 Å². The van der Waals surface area contributed by atoms with Gasteiger partial charge in [0.05, 0.1) is 5.54 Å². The van der Waals surface area contributed by atoms with Crippen molar-refractivity contribution in [1.82, 2.24) is 4.90 Å². The fourth-order valence-corrected chi connectivity index (χ4v) is 2.68. The number of carbonyl (C=O) groups excluding carboxylic acids is 2. The number of nitrogens with one attached hydrogen (secondary N) is 2. The van der Waals surface area contributed by atoms with Crippen molar-refractivity contribution in [2.75, 3.05) is 24.3 Å². The summed E-state index contributed by atoms with van der Waals surface area (Å²) in [5.74, 6) is -0.773. The Labute approximate surface area is 158 Å². The van der Waals surface area contributed by atoms with Crippen LogP contribution in [-0.2, 0) is 14.3 Å². The zero-order chi connectivity index (χ0) is 19.4. The van der Waals surface area contributed by atoms with Crippen molar-refractivity contribution in [1.29, 1.82) is 0 Å². The lowest BCUT2D eigenvalue weighted by molar-refractivity contribution is -0.119. The SMILES string of the molecule is CN1C(=C(C(=O)Nc2ccccc2)C(=O)Nc2ccccc2)OCC1(C)C. The van der Waals surface area contributed by atoms with Crippen LogP contribution in [-0.4, -0.2) is 35.9 Å². The summed E-state index contributed by atoms with van der Waals surface area (Å²) in [5.41, 5.74) is 0.831. The van der Waals surface area contributed by atoms with E-state index in [1.807, 2.05) is 62.2 Å². The van der Waals surface area contributed by atoms with E-state index in [-0.39, 0.29) is 17.0 Å². The summed E-state index contributed by atoms with van der Waals surface area (Å²) in [4.78, 5) is 27.7. The first-order valence-electron chi connectivity index (χ1n) is 8.72. The van der Waals surface area contributed by atoms with Crippen LogP contribution in [0.1, 0.15) is 13.8 Å². The number of benzene rings is 2. The third-order valence-corrected chi connectivity index (χ3v) is 4.51. The van der Waals surface area contributed by atoms with Crippen LogP contribution in [0.25, 0.3) is 0 Å². The monoisotopic (exact) mass is 365 g/mol. The van der Waals surface area contributed by atoms with Gasteiger partial charge in [0.2, 0.25) is 5.88 Å². The van der Waals surface area contributed by atoms with Crippen LogP contribution in [0.4, 0.5) is 11.4 Å². The molecule has 2 aromatic rings. The van der Waals surface area contributed by atoms with Gasteiger partial charge >= 0.3 is 0 Å². The van der Waals surface area contributed by atoms with Gasteiger partial charge in [0.25, 0.3) is 11.8 Å². The van der Waals surface area contributed by atoms with E-state index in [0.717, 1.165) is 0 Å². The third kappa shape index (κ3) is 4.11. The largest absolute Gasteiger partial charge is 0.476 e. The quantitative estimate of drug-likeness (QED) is 0.496. The maximum atomic E-state index is 13.0. The Hall–Kier alpha value is -3.28. The Morgan fingerprint density at radius 1 is 0.889 bits per heavy atom. The molecular weight excluding hydrogens is 342 g/mol. The van der Waals surface area contributed by atoms with Crippen molar-refractivity contribution in [2.24, 2.45) is 0 Å². The molecule has 1 aliphatic rings. The lowest BCUT2D eigenvalue weighted by atomic mass is 10.1. The van der Waals surface area contributed by atoms with Crippen molar-refractivity contribution in [2.45, 2.75) is 19.4 Å². The zero-order valence-corrected chi connectivity index (χ0v) is 15.7. The van der Waals surface area contributed by atoms with E-state index in [0.29, 0.717) is 18.0 Å². The summed E-state index contributed by atoms with van der Waals surface area (Å²) < 4.78 is 5.74. The van der Waals surface area contributed by atoms with Gasteiger partial charge in [-0.2, -0.15) is 0 Å². The molecule has 3 rings (SSSR count). The van der Waals surface area contributed by atoms with Crippen molar-refractivity contribution in [3.63, 3.8) is 0 Å². The Balaban J connectivity index is 1.94. The standard InChI is InChI=1S/C21H23N3O3/c1-21(2)14-27-20(24(21)3)17(18(25)22-15-10-6-4-7-11-15)19(26)23-16-12-8-5-9-13-16/h4-13H,14H2,1-3H3,(H,22,25)(H,23,26). The van der Waals surface area contributed by atoms with Crippen LogP contribution in [0.15, 0.2) is 72.1 Å². The molecule has 0 atom stereocenters. The Bertz CT molecular complexity index is 805. The number of likely N-dealkylation sites (N-methyl/N-ethyl adjacent to an activating group) is 1. The highest BCUT2D eigenvalue weighted by atomic mass is 16.5. The molecule has 140 valence electrons. The first-order valence-corrected chi connectivity index (χ1v) is 8.72. The van der Waals surface area contributed by atoms with Gasteiger partial charge in [-0.05, 0) is 38.1 Å². The fraction of sp³-hybridized carbons (Fsp3) is 0.238. The van der Waals surface area contributed by atoms with Crippen molar-refractivity contribution in [3.05, 3.63) is 72.1 Å². The van der Waals surface area contributed by atoms with E-state index in [4.69, 9.17) is 4.74 Å². The minimum absolute atomic E-state index is 0.0595. The number of carbonyl (C=O) groups is 2. The lowest BCUT2D eigenvalue weighted by Gasteiger charge is -2.26. The third-order valence-electron chi connectivity index (χ3n) is 4.51. The van der Waals surface area contributed by atoms with E-state index in [2.05, 4.69) is 10.6 Å². The Morgan fingerprint density at radius 2 is 1.33 bits per heavy atom. The molecule has 0 bridgehead atoms. The van der Waals surface area contributed by atoms with Gasteiger partial charge in [0.1, 0.15) is 6.61 Å². The fourth-order valence-electron chi connectivity index (χ4n) is 2.68. The van der Waals surface area contributed by atoms with Crippen LogP contribution in [0, 0.1) is 0 Å². The highest BCUT2D eigenvalue weighted by Gasteiger charge is 2.39. The molecule has 1 aliphatic heterocycles. The second-order valence-electron chi connectivity index (χ2n) is 6.98. The smallest absolute Gasteiger partial charge is 0.266 e. The second kappa shape index (κ2) is 7.53. The number of ether oxygens (including phenoxy) is 1. The van der Waals surface area contributed by atoms with Gasteiger partial charge in [-0.3, -0.25) is 9.59 Å². The number of rotatable bonds is 4. The Morgan fingerprint density at radius 3 is 1.70 bits per heavy atom. The Kier molecular flexibility index (Phi) is 5.16. The molecule has 0 unspecified atom stereocenters. The van der Waals surface area contributed by atoms with Gasteiger partial charge in [0.15, 0.2) is 5.57 Å². The predicted molar refractivity (Wildman–Crippen MR) is 105 cm³/mol. The molecular formula is C21H23N3O3. The molecule has 0 aliphatic carbocycles. The highest BCUT2D eigenvalue weighted by Crippen LogP contribution is 2.30. The number of hydrogen-bond donors (Lipinski definition) is 2. The number of nitrogens with zero attached hydrogens (tertiary/aromatic N) is 1. The number of anilines is 2. The molecule has 0 aromatic heterocycles. The predicted octanol–water partition coefficient (Wildman–Crippen LogP) is 3.22. The lowest BCUT2D eigenvalue weighted by Crippen LogP contribution is -2.38. The summed E-state index contributed by atoms with van der Waals surface area (Å²) in [6, 6.07) is 18.0.